The van der Waals surface area contributed by atoms with Crippen LogP contribution in [0.5, 0.6) is 5.75 Å². The molecule has 126 valence electrons. The second kappa shape index (κ2) is 10.0. The number of hydrogen-bond acceptors (Lipinski definition) is 2. The summed E-state index contributed by atoms with van der Waals surface area (Å²) in [7, 11) is 0. The Kier molecular flexibility index (Phi) is 8.78. The van der Waals surface area contributed by atoms with E-state index in [1.165, 1.54) is 0 Å². The van der Waals surface area contributed by atoms with Crippen molar-refractivity contribution < 1.29 is 4.74 Å². The van der Waals surface area contributed by atoms with E-state index in [4.69, 9.17) is 27.9 Å². The minimum atomic E-state index is 0. The first-order valence-corrected chi connectivity index (χ1v) is 8.23. The van der Waals surface area contributed by atoms with Crippen molar-refractivity contribution in [3.63, 3.8) is 0 Å². The fourth-order valence-electron chi connectivity index (χ4n) is 2.01. The van der Waals surface area contributed by atoms with Crippen LogP contribution < -0.4 is 10.1 Å². The van der Waals surface area contributed by atoms with E-state index in [9.17, 15) is 0 Å². The second-order valence-corrected chi connectivity index (χ2v) is 6.17. The molecule has 0 aliphatic rings. The van der Waals surface area contributed by atoms with Crippen LogP contribution >= 0.6 is 35.6 Å². The lowest BCUT2D eigenvalue weighted by atomic mass is 10.1. The Labute approximate surface area is 154 Å². The summed E-state index contributed by atoms with van der Waals surface area (Å²) in [5, 5.41) is 4.74. The van der Waals surface area contributed by atoms with Crippen molar-refractivity contribution in [2.75, 3.05) is 0 Å². The Bertz CT molecular complexity index is 619. The molecule has 2 rings (SSSR count). The van der Waals surface area contributed by atoms with Gasteiger partial charge in [0.1, 0.15) is 12.4 Å². The third kappa shape index (κ3) is 6.23. The first kappa shape index (κ1) is 20.1. The SMILES string of the molecule is CCC(C)NCc1ccccc1OCc1ccc(Cl)cc1Cl.Cl. The van der Waals surface area contributed by atoms with E-state index in [-0.39, 0.29) is 12.4 Å². The molecule has 0 saturated carbocycles. The minimum absolute atomic E-state index is 0. The van der Waals surface area contributed by atoms with Gasteiger partial charge in [0.05, 0.1) is 0 Å². The zero-order valence-corrected chi connectivity index (χ0v) is 15.6. The summed E-state index contributed by atoms with van der Waals surface area (Å²) in [5.74, 6) is 0.879. The van der Waals surface area contributed by atoms with Crippen LogP contribution in [0.2, 0.25) is 10.0 Å². The number of ether oxygens (including phenoxy) is 1. The Morgan fingerprint density at radius 1 is 1.09 bits per heavy atom. The average Bonchev–Trinajstić information content (AvgIpc) is 2.52. The molecule has 1 unspecified atom stereocenters. The number of hydrogen-bond donors (Lipinski definition) is 1. The molecule has 1 N–H and O–H groups in total. The van der Waals surface area contributed by atoms with Gasteiger partial charge >= 0.3 is 0 Å². The topological polar surface area (TPSA) is 21.3 Å². The van der Waals surface area contributed by atoms with Crippen molar-refractivity contribution in [1.29, 1.82) is 0 Å². The maximum atomic E-state index is 6.18. The van der Waals surface area contributed by atoms with Crippen molar-refractivity contribution in [3.05, 3.63) is 63.6 Å². The van der Waals surface area contributed by atoms with Gasteiger partial charge in [0.25, 0.3) is 0 Å². The fourth-order valence-corrected chi connectivity index (χ4v) is 2.48. The molecule has 0 fully saturated rings. The van der Waals surface area contributed by atoms with Gasteiger partial charge in [-0.05, 0) is 31.5 Å². The van der Waals surface area contributed by atoms with Crippen LogP contribution in [0.15, 0.2) is 42.5 Å². The number of para-hydroxylation sites is 1. The summed E-state index contributed by atoms with van der Waals surface area (Å²) in [6.45, 7) is 5.56. The Hall–Kier alpha value is -0.930. The molecule has 0 bridgehead atoms. The standard InChI is InChI=1S/C18H21Cl2NO.ClH/c1-3-13(2)21-11-14-6-4-5-7-18(14)22-12-15-8-9-16(19)10-17(15)20;/h4-10,13,21H,3,11-12H2,1-2H3;1H. The van der Waals surface area contributed by atoms with Crippen LogP contribution in [-0.4, -0.2) is 6.04 Å². The van der Waals surface area contributed by atoms with Gasteiger partial charge in [-0.15, -0.1) is 12.4 Å². The Morgan fingerprint density at radius 3 is 2.52 bits per heavy atom. The van der Waals surface area contributed by atoms with Gasteiger partial charge in [-0.25, -0.2) is 0 Å². The van der Waals surface area contributed by atoms with Gasteiger partial charge < -0.3 is 10.1 Å². The van der Waals surface area contributed by atoms with Crippen molar-refractivity contribution in [1.82, 2.24) is 5.32 Å². The van der Waals surface area contributed by atoms with Gasteiger partial charge in [-0.3, -0.25) is 0 Å². The van der Waals surface area contributed by atoms with Crippen molar-refractivity contribution >= 4 is 35.6 Å². The maximum absolute atomic E-state index is 6.18. The molecule has 2 aromatic carbocycles. The van der Waals surface area contributed by atoms with Crippen LogP contribution in [0, 0.1) is 0 Å². The monoisotopic (exact) mass is 373 g/mol. The molecule has 23 heavy (non-hydrogen) atoms. The molecule has 5 heteroatoms. The first-order valence-electron chi connectivity index (χ1n) is 7.48. The highest BCUT2D eigenvalue weighted by atomic mass is 35.5. The predicted octanol–water partition coefficient (Wildman–Crippen LogP) is 5.88. The van der Waals surface area contributed by atoms with Gasteiger partial charge in [0.15, 0.2) is 0 Å². The van der Waals surface area contributed by atoms with E-state index in [2.05, 4.69) is 25.2 Å². The van der Waals surface area contributed by atoms with Crippen LogP contribution in [0.1, 0.15) is 31.4 Å². The quantitative estimate of drug-likeness (QED) is 0.653. The van der Waals surface area contributed by atoms with Crippen LogP contribution in [0.25, 0.3) is 0 Å². The predicted molar refractivity (Wildman–Crippen MR) is 101 cm³/mol. The van der Waals surface area contributed by atoms with Crippen molar-refractivity contribution in [2.24, 2.45) is 0 Å². The number of halogens is 3. The molecule has 0 aromatic heterocycles. The summed E-state index contributed by atoms with van der Waals surface area (Å²) in [4.78, 5) is 0. The van der Waals surface area contributed by atoms with Gasteiger partial charge in [-0.1, -0.05) is 54.4 Å². The van der Waals surface area contributed by atoms with Crippen LogP contribution in [-0.2, 0) is 13.2 Å². The highest BCUT2D eigenvalue weighted by Crippen LogP contribution is 2.24. The smallest absolute Gasteiger partial charge is 0.124 e. The molecule has 0 radical (unpaired) electrons. The summed E-state index contributed by atoms with van der Waals surface area (Å²) >= 11 is 12.1. The van der Waals surface area contributed by atoms with E-state index in [0.29, 0.717) is 22.7 Å². The molecule has 0 saturated heterocycles. The van der Waals surface area contributed by atoms with E-state index < -0.39 is 0 Å². The lowest BCUT2D eigenvalue weighted by Gasteiger charge is -2.15. The summed E-state index contributed by atoms with van der Waals surface area (Å²) in [5.41, 5.74) is 2.07. The minimum Gasteiger partial charge on any atom is -0.489 e. The van der Waals surface area contributed by atoms with Gasteiger partial charge in [-0.2, -0.15) is 0 Å². The molecular formula is C18H22Cl3NO. The molecule has 0 aliphatic carbocycles. The third-order valence-electron chi connectivity index (χ3n) is 3.62. The van der Waals surface area contributed by atoms with Crippen LogP contribution in [0.4, 0.5) is 0 Å². The summed E-state index contributed by atoms with van der Waals surface area (Å²) in [6, 6.07) is 14.0. The molecule has 0 amide bonds. The van der Waals surface area contributed by atoms with E-state index in [0.717, 1.165) is 29.8 Å². The third-order valence-corrected chi connectivity index (χ3v) is 4.21. The van der Waals surface area contributed by atoms with Crippen molar-refractivity contribution in [2.45, 2.75) is 39.5 Å². The summed E-state index contributed by atoms with van der Waals surface area (Å²) in [6.07, 6.45) is 1.10. The van der Waals surface area contributed by atoms with Gasteiger partial charge in [0, 0.05) is 33.8 Å². The highest BCUT2D eigenvalue weighted by molar-refractivity contribution is 6.35. The van der Waals surface area contributed by atoms with Crippen LogP contribution in [0.3, 0.4) is 0 Å². The molecule has 1 atom stereocenters. The van der Waals surface area contributed by atoms with E-state index in [1.807, 2.05) is 30.3 Å². The first-order chi connectivity index (χ1) is 10.6. The highest BCUT2D eigenvalue weighted by Gasteiger charge is 2.07. The molecular weight excluding hydrogens is 353 g/mol. The van der Waals surface area contributed by atoms with E-state index in [1.54, 1.807) is 6.07 Å². The number of rotatable bonds is 7. The summed E-state index contributed by atoms with van der Waals surface area (Å²) < 4.78 is 5.94. The Morgan fingerprint density at radius 2 is 1.83 bits per heavy atom. The van der Waals surface area contributed by atoms with Crippen molar-refractivity contribution in [3.8, 4) is 5.75 Å². The number of benzene rings is 2. The van der Waals surface area contributed by atoms with E-state index >= 15 is 0 Å². The zero-order chi connectivity index (χ0) is 15.9. The molecule has 0 aliphatic heterocycles. The van der Waals surface area contributed by atoms with Gasteiger partial charge in [0.2, 0.25) is 0 Å². The molecule has 2 aromatic rings. The number of nitrogens with one attached hydrogen (secondary N) is 1. The fraction of sp³-hybridized carbons (Fsp3) is 0.333. The lowest BCUT2D eigenvalue weighted by molar-refractivity contribution is 0.301. The normalized spacial score (nSPS) is 11.7. The largest absolute Gasteiger partial charge is 0.489 e. The molecule has 0 heterocycles. The second-order valence-electron chi connectivity index (χ2n) is 5.32. The zero-order valence-electron chi connectivity index (χ0n) is 13.3. The maximum Gasteiger partial charge on any atom is 0.124 e. The molecule has 2 nitrogen and oxygen atoms in total. The molecule has 0 spiro atoms. The average molecular weight is 375 g/mol. The lowest BCUT2D eigenvalue weighted by Crippen LogP contribution is -2.24. The Balaban J connectivity index is 0.00000264.